The molecule has 1 aliphatic rings. The van der Waals surface area contributed by atoms with Crippen LogP contribution < -0.4 is 5.32 Å². The molecule has 3 N–H and O–H groups in total. The number of halogens is 1. The summed E-state index contributed by atoms with van der Waals surface area (Å²) in [6.45, 7) is 14.2. The fraction of sp³-hybridized carbons (Fsp3) is 0.280. The molecule has 2 atom stereocenters. The second-order valence-corrected chi connectivity index (χ2v) is 8.22. The lowest BCUT2D eigenvalue weighted by Crippen LogP contribution is -2.55. The van der Waals surface area contributed by atoms with E-state index in [1.54, 1.807) is 12.1 Å². The Morgan fingerprint density at radius 1 is 1.34 bits per heavy atom. The predicted molar refractivity (Wildman–Crippen MR) is 126 cm³/mol. The quantitative estimate of drug-likeness (QED) is 0.507. The summed E-state index contributed by atoms with van der Waals surface area (Å²) in [6.07, 6.45) is 5.63. The van der Waals surface area contributed by atoms with Gasteiger partial charge in [0.1, 0.15) is 11.6 Å². The smallest absolute Gasteiger partial charge is 0.182 e. The normalized spacial score (nSPS) is 19.9. The average molecular weight is 434 g/mol. The molecule has 7 heteroatoms. The Morgan fingerprint density at radius 2 is 2.16 bits per heavy atom. The summed E-state index contributed by atoms with van der Waals surface area (Å²) in [5, 5.41) is 21.5. The monoisotopic (exact) mass is 433 g/mol. The van der Waals surface area contributed by atoms with Crippen LogP contribution in [0.4, 0.5) is 4.39 Å². The number of hydrogen-bond donors (Lipinski definition) is 3. The Morgan fingerprint density at radius 3 is 2.88 bits per heavy atom. The van der Waals surface area contributed by atoms with Crippen molar-refractivity contribution in [3.05, 3.63) is 78.3 Å². The zero-order valence-electron chi connectivity index (χ0n) is 18.4. The van der Waals surface area contributed by atoms with Crippen molar-refractivity contribution < 1.29 is 9.50 Å². The van der Waals surface area contributed by atoms with E-state index in [9.17, 15) is 9.50 Å². The van der Waals surface area contributed by atoms with E-state index >= 15 is 0 Å². The molecule has 3 heterocycles. The minimum absolute atomic E-state index is 0.116. The van der Waals surface area contributed by atoms with Crippen molar-refractivity contribution in [1.82, 2.24) is 25.4 Å². The average Bonchev–Trinajstić information content (AvgIpc) is 3.14. The maximum Gasteiger partial charge on any atom is 0.182 e. The summed E-state index contributed by atoms with van der Waals surface area (Å²) in [4.78, 5) is 6.98. The number of phenols is 1. The van der Waals surface area contributed by atoms with Gasteiger partial charge >= 0.3 is 0 Å². The van der Waals surface area contributed by atoms with E-state index in [0.717, 1.165) is 41.4 Å². The minimum Gasteiger partial charge on any atom is -0.508 e. The van der Waals surface area contributed by atoms with Gasteiger partial charge in [-0.25, -0.2) is 9.37 Å². The molecule has 4 rings (SSSR count). The van der Waals surface area contributed by atoms with Crippen LogP contribution in [0.25, 0.3) is 22.3 Å². The lowest BCUT2D eigenvalue weighted by atomic mass is 9.99. The van der Waals surface area contributed by atoms with E-state index in [-0.39, 0.29) is 11.8 Å². The number of allylic oxidation sites excluding steroid dienone is 2. The van der Waals surface area contributed by atoms with E-state index in [0.29, 0.717) is 29.5 Å². The summed E-state index contributed by atoms with van der Waals surface area (Å²) in [7, 11) is 0. The molecule has 0 bridgehead atoms. The van der Waals surface area contributed by atoms with Crippen molar-refractivity contribution in [1.29, 1.82) is 0 Å². The molecule has 6 nitrogen and oxygen atoms in total. The van der Waals surface area contributed by atoms with E-state index in [2.05, 4.69) is 45.5 Å². The van der Waals surface area contributed by atoms with Gasteiger partial charge < -0.3 is 10.4 Å². The van der Waals surface area contributed by atoms with Crippen LogP contribution in [-0.2, 0) is 6.54 Å². The van der Waals surface area contributed by atoms with Crippen LogP contribution in [0.5, 0.6) is 5.75 Å². The number of aryl methyl sites for hydroxylation is 1. The van der Waals surface area contributed by atoms with Crippen molar-refractivity contribution in [2.24, 2.45) is 0 Å². The van der Waals surface area contributed by atoms with Crippen LogP contribution in [0.3, 0.4) is 0 Å². The van der Waals surface area contributed by atoms with Gasteiger partial charge in [0.05, 0.1) is 5.69 Å². The molecule has 0 amide bonds. The third-order valence-electron chi connectivity index (χ3n) is 6.04. The molecule has 0 spiro atoms. The molecule has 2 aromatic heterocycles. The zero-order valence-corrected chi connectivity index (χ0v) is 18.4. The van der Waals surface area contributed by atoms with Crippen LogP contribution in [0.15, 0.2) is 61.2 Å². The molecule has 0 aliphatic carbocycles. The largest absolute Gasteiger partial charge is 0.508 e. The number of aromatic amines is 1. The Kier molecular flexibility index (Phi) is 6.21. The van der Waals surface area contributed by atoms with E-state index in [1.165, 1.54) is 6.07 Å². The third kappa shape index (κ3) is 4.22. The van der Waals surface area contributed by atoms with Crippen molar-refractivity contribution in [2.45, 2.75) is 32.5 Å². The van der Waals surface area contributed by atoms with Gasteiger partial charge in [0, 0.05) is 54.4 Å². The topological polar surface area (TPSA) is 77.1 Å². The number of rotatable bonds is 6. The van der Waals surface area contributed by atoms with Crippen LogP contribution in [0.2, 0.25) is 0 Å². The zero-order chi connectivity index (χ0) is 22.8. The van der Waals surface area contributed by atoms with Gasteiger partial charge in [-0.1, -0.05) is 31.4 Å². The lowest BCUT2D eigenvalue weighted by molar-refractivity contribution is 0.145. The molecule has 0 saturated carbocycles. The number of aromatic nitrogens is 3. The predicted octanol–water partition coefficient (Wildman–Crippen LogP) is 4.24. The molecule has 1 saturated heterocycles. The van der Waals surface area contributed by atoms with E-state index in [4.69, 9.17) is 0 Å². The highest BCUT2D eigenvalue weighted by Crippen LogP contribution is 2.30. The Bertz CT molecular complexity index is 1200. The molecular formula is C25H28FN5O. The minimum atomic E-state index is -0.518. The summed E-state index contributed by atoms with van der Waals surface area (Å²) >= 11 is 0. The van der Waals surface area contributed by atoms with Crippen molar-refractivity contribution in [3.8, 4) is 17.0 Å². The Labute approximate surface area is 187 Å². The lowest BCUT2D eigenvalue weighted by Gasteiger charge is -2.39. The van der Waals surface area contributed by atoms with Crippen LogP contribution in [0.1, 0.15) is 18.2 Å². The first-order valence-electron chi connectivity index (χ1n) is 10.7. The number of piperazine rings is 1. The molecular weight excluding hydrogens is 405 g/mol. The number of hydrogen-bond acceptors (Lipinski definition) is 5. The molecule has 1 fully saturated rings. The summed E-state index contributed by atoms with van der Waals surface area (Å²) in [5.74, 6) is -0.634. The summed E-state index contributed by atoms with van der Waals surface area (Å²) < 4.78 is 14.6. The third-order valence-corrected chi connectivity index (χ3v) is 6.04. The highest BCUT2D eigenvalue weighted by molar-refractivity contribution is 5.84. The second-order valence-electron chi connectivity index (χ2n) is 8.22. The summed E-state index contributed by atoms with van der Waals surface area (Å²) in [6, 6.07) is 6.50. The number of H-pyrrole nitrogens is 1. The molecule has 3 aromatic rings. The van der Waals surface area contributed by atoms with Gasteiger partial charge in [0.15, 0.2) is 5.65 Å². The number of benzene rings is 1. The Balaban J connectivity index is 1.73. The van der Waals surface area contributed by atoms with Crippen LogP contribution >= 0.6 is 0 Å². The number of fused-ring (bicyclic) bond motifs is 1. The first-order valence-corrected chi connectivity index (χ1v) is 10.7. The van der Waals surface area contributed by atoms with Gasteiger partial charge in [-0.05, 0) is 43.2 Å². The Hall–Kier alpha value is -3.29. The second kappa shape index (κ2) is 9.06. The number of aromatic hydroxyl groups is 1. The van der Waals surface area contributed by atoms with Crippen molar-refractivity contribution in [3.63, 3.8) is 0 Å². The standard InChI is InChI=1S/C25H28FN5O/c1-5-7-17(6-2)23-14-31(15(3)12-27-23)13-18-10-22(20-9-8-19(32)11-21(20)26)28-25-24(18)16(4)29-30-25/h5-11,15,23,27,32H,1-2,12-14H2,3-4H3,(H,28,29,30)/b17-7+/t15-,23-/m0/s1. The van der Waals surface area contributed by atoms with Crippen LogP contribution in [0, 0.1) is 12.7 Å². The molecule has 1 aromatic carbocycles. The van der Waals surface area contributed by atoms with Crippen molar-refractivity contribution in [2.75, 3.05) is 13.1 Å². The highest BCUT2D eigenvalue weighted by atomic mass is 19.1. The number of pyridine rings is 1. The fourth-order valence-electron chi connectivity index (χ4n) is 4.29. The summed E-state index contributed by atoms with van der Waals surface area (Å²) in [5.41, 5.74) is 4.44. The van der Waals surface area contributed by atoms with Gasteiger partial charge in [0.25, 0.3) is 0 Å². The first kappa shape index (κ1) is 21.9. The SMILES string of the molecule is C=C/C=C(\C=C)[C@@H]1CN(Cc2cc(-c3ccc(O)cc3F)nc3n[nH]c(C)c23)[C@@H](C)CN1. The molecule has 166 valence electrons. The van der Waals surface area contributed by atoms with Crippen molar-refractivity contribution >= 4 is 11.0 Å². The highest BCUT2D eigenvalue weighted by Gasteiger charge is 2.27. The fourth-order valence-corrected chi connectivity index (χ4v) is 4.29. The van der Waals surface area contributed by atoms with E-state index < -0.39 is 5.82 Å². The number of nitrogens with zero attached hydrogens (tertiary/aromatic N) is 3. The number of phenolic OH excluding ortho intramolecular Hbond substituents is 1. The molecule has 0 unspecified atom stereocenters. The van der Waals surface area contributed by atoms with E-state index in [1.807, 2.05) is 25.1 Å². The molecule has 32 heavy (non-hydrogen) atoms. The first-order chi connectivity index (χ1) is 15.4. The van der Waals surface area contributed by atoms with Crippen LogP contribution in [-0.4, -0.2) is 50.4 Å². The molecule has 1 aliphatic heterocycles. The number of nitrogens with one attached hydrogen (secondary N) is 2. The molecule has 0 radical (unpaired) electrons. The maximum absolute atomic E-state index is 14.6. The van der Waals surface area contributed by atoms with Gasteiger partial charge in [-0.2, -0.15) is 5.10 Å². The van der Waals surface area contributed by atoms with Gasteiger partial charge in [-0.3, -0.25) is 10.00 Å². The van der Waals surface area contributed by atoms with Gasteiger partial charge in [-0.15, -0.1) is 0 Å². The maximum atomic E-state index is 14.6. The van der Waals surface area contributed by atoms with Gasteiger partial charge in [0.2, 0.25) is 0 Å².